The van der Waals surface area contributed by atoms with Crippen LogP contribution in [0.1, 0.15) is 35.1 Å². The monoisotopic (exact) mass is 410 g/mol. The fraction of sp³-hybridized carbons (Fsp3) is 0.273. The van der Waals surface area contributed by atoms with Crippen LogP contribution in [0.15, 0.2) is 47.3 Å². The fourth-order valence-corrected chi connectivity index (χ4v) is 2.97. The fourth-order valence-electron chi connectivity index (χ4n) is 2.97. The number of fused-ring (bicyclic) bond motifs is 1. The van der Waals surface area contributed by atoms with Crippen molar-refractivity contribution in [1.82, 2.24) is 9.97 Å². The Morgan fingerprint density at radius 1 is 1.13 bits per heavy atom. The van der Waals surface area contributed by atoms with Gasteiger partial charge in [0.15, 0.2) is 0 Å². The Labute approximate surface area is 172 Å². The number of hydrogen-bond donors (Lipinski definition) is 1. The minimum Gasteiger partial charge on any atom is -0.494 e. The molecule has 0 saturated heterocycles. The zero-order valence-corrected chi connectivity index (χ0v) is 16.8. The Morgan fingerprint density at radius 3 is 2.70 bits per heavy atom. The van der Waals surface area contributed by atoms with Crippen molar-refractivity contribution in [2.45, 2.75) is 26.4 Å². The summed E-state index contributed by atoms with van der Waals surface area (Å²) in [6.45, 7) is 2.26. The van der Waals surface area contributed by atoms with E-state index in [2.05, 4.69) is 14.7 Å². The number of para-hydroxylation sites is 1. The maximum Gasteiger partial charge on any atom is 0.337 e. The second-order valence-electron chi connectivity index (χ2n) is 6.44. The first-order chi connectivity index (χ1) is 14.5. The first kappa shape index (κ1) is 21.0. The van der Waals surface area contributed by atoms with Crippen LogP contribution in [0.3, 0.4) is 0 Å². The summed E-state index contributed by atoms with van der Waals surface area (Å²) in [5.41, 5.74) is 1.13. The zero-order chi connectivity index (χ0) is 21.5. The number of aryl methyl sites for hydroxylation is 1. The van der Waals surface area contributed by atoms with Crippen molar-refractivity contribution in [1.29, 1.82) is 0 Å². The number of H-pyrrole nitrogens is 1. The van der Waals surface area contributed by atoms with Crippen molar-refractivity contribution >= 4 is 22.8 Å². The van der Waals surface area contributed by atoms with Gasteiger partial charge in [0.05, 0.1) is 30.2 Å². The third kappa shape index (κ3) is 5.02. The molecule has 3 aromatic rings. The molecule has 0 aliphatic heterocycles. The van der Waals surface area contributed by atoms with E-state index in [4.69, 9.17) is 9.47 Å². The van der Waals surface area contributed by atoms with Gasteiger partial charge in [0.25, 0.3) is 5.56 Å². The molecule has 2 aromatic carbocycles. The summed E-state index contributed by atoms with van der Waals surface area (Å²) in [5.74, 6) is -0.0148. The lowest BCUT2D eigenvalue weighted by molar-refractivity contribution is -0.145. The van der Waals surface area contributed by atoms with Crippen LogP contribution in [0.25, 0.3) is 10.9 Å². The number of ether oxygens (including phenoxy) is 3. The van der Waals surface area contributed by atoms with Crippen molar-refractivity contribution in [3.05, 3.63) is 69.8 Å². The van der Waals surface area contributed by atoms with Crippen molar-refractivity contribution < 1.29 is 23.8 Å². The highest BCUT2D eigenvalue weighted by Gasteiger charge is 2.12. The molecule has 1 aromatic heterocycles. The number of carbonyl (C=O) groups excluding carboxylic acids is 2. The van der Waals surface area contributed by atoms with E-state index in [1.807, 2.05) is 31.2 Å². The largest absolute Gasteiger partial charge is 0.494 e. The van der Waals surface area contributed by atoms with Crippen LogP contribution in [-0.4, -0.2) is 35.6 Å². The van der Waals surface area contributed by atoms with Crippen LogP contribution in [0, 0.1) is 0 Å². The summed E-state index contributed by atoms with van der Waals surface area (Å²) in [6.07, 6.45) is 0.632. The summed E-state index contributed by atoms with van der Waals surface area (Å²) in [5, 5.41) is 0.324. The summed E-state index contributed by atoms with van der Waals surface area (Å²) in [4.78, 5) is 42.9. The highest BCUT2D eigenvalue weighted by Crippen LogP contribution is 2.19. The maximum atomic E-state index is 12.2. The summed E-state index contributed by atoms with van der Waals surface area (Å²) < 4.78 is 15.5. The Balaban J connectivity index is 1.65. The number of nitrogens with zero attached hydrogens (tertiary/aromatic N) is 1. The van der Waals surface area contributed by atoms with E-state index in [1.54, 1.807) is 0 Å². The van der Waals surface area contributed by atoms with Crippen LogP contribution >= 0.6 is 0 Å². The number of carbonyl (C=O) groups is 2. The molecule has 8 heteroatoms. The number of hydrogen-bond acceptors (Lipinski definition) is 7. The SMILES string of the molecule is CCOc1ccccc1CCC(=O)OCc1nc2cc(C(=O)OC)ccc2c(=O)[nH]1. The molecule has 1 N–H and O–H groups in total. The van der Waals surface area contributed by atoms with Gasteiger partial charge in [0.2, 0.25) is 0 Å². The number of rotatable bonds is 8. The van der Waals surface area contributed by atoms with Crippen molar-refractivity contribution in [2.24, 2.45) is 0 Å². The molecule has 0 unspecified atom stereocenters. The molecule has 3 rings (SSSR count). The Morgan fingerprint density at radius 2 is 1.93 bits per heavy atom. The number of methoxy groups -OCH3 is 1. The Kier molecular flexibility index (Phi) is 6.79. The normalized spacial score (nSPS) is 10.6. The molecule has 30 heavy (non-hydrogen) atoms. The Bertz CT molecular complexity index is 1120. The lowest BCUT2D eigenvalue weighted by Crippen LogP contribution is -2.15. The van der Waals surface area contributed by atoms with Gasteiger partial charge in [-0.25, -0.2) is 9.78 Å². The molecular formula is C22H22N2O6. The molecule has 1 heterocycles. The van der Waals surface area contributed by atoms with Crippen molar-refractivity contribution in [2.75, 3.05) is 13.7 Å². The van der Waals surface area contributed by atoms with E-state index >= 15 is 0 Å². The number of aromatic amines is 1. The number of aromatic nitrogens is 2. The van der Waals surface area contributed by atoms with Crippen LogP contribution in [-0.2, 0) is 27.3 Å². The average Bonchev–Trinajstić information content (AvgIpc) is 2.76. The van der Waals surface area contributed by atoms with Gasteiger partial charge in [-0.05, 0) is 43.2 Å². The molecule has 0 saturated carbocycles. The molecule has 8 nitrogen and oxygen atoms in total. The number of benzene rings is 2. The van der Waals surface area contributed by atoms with E-state index < -0.39 is 11.9 Å². The molecular weight excluding hydrogens is 388 g/mol. The standard InChI is InChI=1S/C22H22N2O6/c1-3-29-18-7-5-4-6-14(18)9-11-20(25)30-13-19-23-17-12-15(22(27)28-2)8-10-16(17)21(26)24-19/h4-8,10,12H,3,9,11,13H2,1-2H3,(H,23,24,26). The van der Waals surface area contributed by atoms with Crippen molar-refractivity contribution in [3.8, 4) is 5.75 Å². The highest BCUT2D eigenvalue weighted by atomic mass is 16.5. The summed E-state index contributed by atoms with van der Waals surface area (Å²) in [6, 6.07) is 12.0. The van der Waals surface area contributed by atoms with E-state index in [0.29, 0.717) is 23.9 Å². The quantitative estimate of drug-likeness (QED) is 0.569. The van der Waals surface area contributed by atoms with Gasteiger partial charge in [-0.2, -0.15) is 0 Å². The van der Waals surface area contributed by atoms with Crippen LogP contribution in [0.4, 0.5) is 0 Å². The summed E-state index contributed by atoms with van der Waals surface area (Å²) >= 11 is 0. The van der Waals surface area contributed by atoms with Gasteiger partial charge in [-0.15, -0.1) is 0 Å². The lowest BCUT2D eigenvalue weighted by atomic mass is 10.1. The minimum absolute atomic E-state index is 0.161. The second kappa shape index (κ2) is 9.69. The lowest BCUT2D eigenvalue weighted by Gasteiger charge is -2.10. The van der Waals surface area contributed by atoms with Gasteiger partial charge < -0.3 is 19.2 Å². The van der Waals surface area contributed by atoms with Gasteiger partial charge in [0.1, 0.15) is 18.2 Å². The molecule has 0 atom stereocenters. The zero-order valence-electron chi connectivity index (χ0n) is 16.8. The van der Waals surface area contributed by atoms with Gasteiger partial charge >= 0.3 is 11.9 Å². The van der Waals surface area contributed by atoms with E-state index in [-0.39, 0.29) is 30.0 Å². The smallest absolute Gasteiger partial charge is 0.337 e. The molecule has 0 amide bonds. The topological polar surface area (TPSA) is 108 Å². The van der Waals surface area contributed by atoms with Crippen molar-refractivity contribution in [3.63, 3.8) is 0 Å². The van der Waals surface area contributed by atoms with E-state index in [0.717, 1.165) is 11.3 Å². The molecule has 156 valence electrons. The highest BCUT2D eigenvalue weighted by molar-refractivity contribution is 5.93. The minimum atomic E-state index is -0.528. The predicted molar refractivity (Wildman–Crippen MR) is 109 cm³/mol. The number of esters is 2. The molecule has 0 radical (unpaired) electrons. The van der Waals surface area contributed by atoms with Gasteiger partial charge in [0, 0.05) is 6.42 Å². The Hall–Kier alpha value is -3.68. The van der Waals surface area contributed by atoms with Gasteiger partial charge in [-0.3, -0.25) is 9.59 Å². The van der Waals surface area contributed by atoms with E-state index in [1.165, 1.54) is 25.3 Å². The maximum absolute atomic E-state index is 12.2. The third-order valence-corrected chi connectivity index (χ3v) is 4.42. The van der Waals surface area contributed by atoms with E-state index in [9.17, 15) is 14.4 Å². The van der Waals surface area contributed by atoms with Gasteiger partial charge in [-0.1, -0.05) is 18.2 Å². The van der Waals surface area contributed by atoms with Crippen LogP contribution in [0.5, 0.6) is 5.75 Å². The number of nitrogens with one attached hydrogen (secondary N) is 1. The first-order valence-corrected chi connectivity index (χ1v) is 9.49. The first-order valence-electron chi connectivity index (χ1n) is 9.49. The summed E-state index contributed by atoms with van der Waals surface area (Å²) in [7, 11) is 1.27. The molecule has 0 fully saturated rings. The molecule has 0 spiro atoms. The predicted octanol–water partition coefficient (Wildman–Crippen LogP) is 2.78. The van der Waals surface area contributed by atoms with Crippen LogP contribution in [0.2, 0.25) is 0 Å². The second-order valence-corrected chi connectivity index (χ2v) is 6.44. The third-order valence-electron chi connectivity index (χ3n) is 4.42. The molecule has 0 bridgehead atoms. The molecule has 0 aliphatic rings. The average molecular weight is 410 g/mol. The van der Waals surface area contributed by atoms with Crippen LogP contribution < -0.4 is 10.3 Å². The molecule has 0 aliphatic carbocycles.